The Hall–Kier alpha value is -2.55. The molecule has 1 aromatic carbocycles. The van der Waals surface area contributed by atoms with E-state index in [0.717, 1.165) is 0 Å². The highest BCUT2D eigenvalue weighted by molar-refractivity contribution is 5.78. The minimum atomic E-state index is -0.943. The number of nitrogens with one attached hydrogen (secondary N) is 1. The predicted octanol–water partition coefficient (Wildman–Crippen LogP) is 1.41. The molecule has 112 valence electrons. The number of ether oxygens (including phenoxy) is 1. The molecule has 1 atom stereocenters. The molecule has 0 fully saturated rings. The molecule has 0 saturated carbocycles. The summed E-state index contributed by atoms with van der Waals surface area (Å²) in [6.45, 7) is 3.35. The number of amides is 1. The minimum absolute atomic E-state index is 0.0507. The lowest BCUT2D eigenvalue weighted by Crippen LogP contribution is -2.37. The summed E-state index contributed by atoms with van der Waals surface area (Å²) in [6.07, 6.45) is 0. The van der Waals surface area contributed by atoms with Crippen LogP contribution in [0.25, 0.3) is 0 Å². The van der Waals surface area contributed by atoms with Crippen molar-refractivity contribution in [2.75, 3.05) is 13.2 Å². The van der Waals surface area contributed by atoms with Crippen molar-refractivity contribution in [3.63, 3.8) is 0 Å². The van der Waals surface area contributed by atoms with Crippen LogP contribution in [-0.2, 0) is 9.59 Å². The van der Waals surface area contributed by atoms with Crippen LogP contribution < -0.4 is 10.1 Å². The first-order chi connectivity index (χ1) is 9.95. The Morgan fingerprint density at radius 1 is 1.38 bits per heavy atom. The first-order valence-electron chi connectivity index (χ1n) is 6.57. The Morgan fingerprint density at radius 3 is 2.62 bits per heavy atom. The number of nitriles is 1. The quantitative estimate of drug-likeness (QED) is 0.791. The van der Waals surface area contributed by atoms with Crippen molar-refractivity contribution in [1.29, 1.82) is 5.26 Å². The molecule has 0 saturated heterocycles. The maximum Gasteiger partial charge on any atom is 0.308 e. The lowest BCUT2D eigenvalue weighted by Gasteiger charge is -2.16. The van der Waals surface area contributed by atoms with Gasteiger partial charge < -0.3 is 15.2 Å². The molecule has 0 aromatic heterocycles. The number of nitrogens with zero attached hydrogens (tertiary/aromatic N) is 1. The van der Waals surface area contributed by atoms with Gasteiger partial charge in [0, 0.05) is 6.54 Å². The number of carbonyl (C=O) groups is 2. The molecule has 0 radical (unpaired) electrons. The van der Waals surface area contributed by atoms with Gasteiger partial charge in [-0.3, -0.25) is 9.59 Å². The second kappa shape index (κ2) is 7.90. The molecule has 0 aliphatic rings. The third-order valence-electron chi connectivity index (χ3n) is 3.01. The van der Waals surface area contributed by atoms with Gasteiger partial charge in [0.2, 0.25) is 0 Å². The van der Waals surface area contributed by atoms with Crippen molar-refractivity contribution >= 4 is 11.9 Å². The molecule has 6 heteroatoms. The Kier molecular flexibility index (Phi) is 6.21. The maximum atomic E-state index is 11.7. The summed E-state index contributed by atoms with van der Waals surface area (Å²) < 4.78 is 5.26. The zero-order valence-electron chi connectivity index (χ0n) is 12.0. The Bertz CT molecular complexity index is 549. The Labute approximate surface area is 123 Å². The number of hydrogen-bond donors (Lipinski definition) is 2. The summed E-state index contributed by atoms with van der Waals surface area (Å²) in [5, 5.41) is 20.4. The second-order valence-corrected chi connectivity index (χ2v) is 4.89. The molecule has 0 aliphatic heterocycles. The number of rotatable bonds is 7. The smallest absolute Gasteiger partial charge is 0.308 e. The monoisotopic (exact) mass is 290 g/mol. The first-order valence-corrected chi connectivity index (χ1v) is 6.57. The van der Waals surface area contributed by atoms with E-state index in [1.54, 1.807) is 38.1 Å². The molecule has 2 N–H and O–H groups in total. The van der Waals surface area contributed by atoms with Crippen molar-refractivity contribution < 1.29 is 19.4 Å². The van der Waals surface area contributed by atoms with Gasteiger partial charge in [-0.1, -0.05) is 26.0 Å². The van der Waals surface area contributed by atoms with E-state index in [2.05, 4.69) is 5.32 Å². The summed E-state index contributed by atoms with van der Waals surface area (Å²) in [6, 6.07) is 8.55. The van der Waals surface area contributed by atoms with Crippen LogP contribution in [0.2, 0.25) is 0 Å². The summed E-state index contributed by atoms with van der Waals surface area (Å²) in [7, 11) is 0. The van der Waals surface area contributed by atoms with Crippen molar-refractivity contribution in [2.45, 2.75) is 13.8 Å². The average molecular weight is 290 g/mol. The fraction of sp³-hybridized carbons (Fsp3) is 0.400. The van der Waals surface area contributed by atoms with E-state index in [9.17, 15) is 9.59 Å². The third kappa shape index (κ3) is 5.15. The van der Waals surface area contributed by atoms with Crippen molar-refractivity contribution in [3.05, 3.63) is 29.8 Å². The van der Waals surface area contributed by atoms with Crippen LogP contribution >= 0.6 is 0 Å². The Morgan fingerprint density at radius 2 is 2.05 bits per heavy atom. The number of aliphatic carboxylic acids is 1. The number of benzene rings is 1. The zero-order valence-corrected chi connectivity index (χ0v) is 12.0. The normalized spacial score (nSPS) is 11.5. The molecule has 0 aliphatic carbocycles. The molecule has 0 bridgehead atoms. The molecule has 1 amide bonds. The van der Waals surface area contributed by atoms with Crippen LogP contribution in [0, 0.1) is 23.2 Å². The van der Waals surface area contributed by atoms with Gasteiger partial charge in [-0.25, -0.2) is 0 Å². The molecule has 1 aromatic rings. The van der Waals surface area contributed by atoms with Crippen molar-refractivity contribution in [1.82, 2.24) is 5.32 Å². The summed E-state index contributed by atoms with van der Waals surface area (Å²) in [5.41, 5.74) is 0.343. The summed E-state index contributed by atoms with van der Waals surface area (Å²) in [5.74, 6) is -1.76. The molecule has 1 unspecified atom stereocenters. The fourth-order valence-electron chi connectivity index (χ4n) is 1.71. The van der Waals surface area contributed by atoms with E-state index in [0.29, 0.717) is 11.3 Å². The first kappa shape index (κ1) is 16.5. The molecular weight excluding hydrogens is 272 g/mol. The van der Waals surface area contributed by atoms with Gasteiger partial charge in [0.15, 0.2) is 6.61 Å². The van der Waals surface area contributed by atoms with Crippen LogP contribution in [-0.4, -0.2) is 30.1 Å². The Balaban J connectivity index is 2.48. The van der Waals surface area contributed by atoms with Gasteiger partial charge in [-0.2, -0.15) is 5.26 Å². The van der Waals surface area contributed by atoms with Crippen LogP contribution in [0.3, 0.4) is 0 Å². The summed E-state index contributed by atoms with van der Waals surface area (Å²) >= 11 is 0. The number of carboxylic acids is 1. The number of carbonyl (C=O) groups excluding carboxylic acids is 1. The fourth-order valence-corrected chi connectivity index (χ4v) is 1.71. The highest BCUT2D eigenvalue weighted by Crippen LogP contribution is 2.16. The lowest BCUT2D eigenvalue weighted by molar-refractivity contribution is -0.143. The molecule has 6 nitrogen and oxygen atoms in total. The molecule has 0 spiro atoms. The van der Waals surface area contributed by atoms with Gasteiger partial charge in [-0.05, 0) is 18.1 Å². The van der Waals surface area contributed by atoms with Gasteiger partial charge in [0.05, 0.1) is 11.5 Å². The predicted molar refractivity (Wildman–Crippen MR) is 75.6 cm³/mol. The van der Waals surface area contributed by atoms with Gasteiger partial charge in [-0.15, -0.1) is 0 Å². The SMILES string of the molecule is CC(C)C(CNC(=O)COc1ccccc1C#N)C(=O)O. The molecular formula is C15H18N2O4. The second-order valence-electron chi connectivity index (χ2n) is 4.89. The molecule has 1 rings (SSSR count). The van der Waals surface area contributed by atoms with Crippen LogP contribution in [0.1, 0.15) is 19.4 Å². The average Bonchev–Trinajstić information content (AvgIpc) is 2.44. The zero-order chi connectivity index (χ0) is 15.8. The highest BCUT2D eigenvalue weighted by Gasteiger charge is 2.22. The number of para-hydroxylation sites is 1. The van der Waals surface area contributed by atoms with E-state index in [4.69, 9.17) is 15.1 Å². The standard InChI is InChI=1S/C15H18N2O4/c1-10(2)12(15(19)20)8-17-14(18)9-21-13-6-4-3-5-11(13)7-16/h3-6,10,12H,8-9H2,1-2H3,(H,17,18)(H,19,20). The van der Waals surface area contributed by atoms with E-state index in [1.807, 2.05) is 6.07 Å². The van der Waals surface area contributed by atoms with Crippen LogP contribution in [0.5, 0.6) is 5.75 Å². The van der Waals surface area contributed by atoms with E-state index in [-0.39, 0.29) is 19.1 Å². The molecule has 0 heterocycles. The van der Waals surface area contributed by atoms with Gasteiger partial charge in [0.25, 0.3) is 5.91 Å². The topological polar surface area (TPSA) is 99.4 Å². The highest BCUT2D eigenvalue weighted by atomic mass is 16.5. The van der Waals surface area contributed by atoms with E-state index in [1.165, 1.54) is 0 Å². The van der Waals surface area contributed by atoms with Crippen LogP contribution in [0.4, 0.5) is 0 Å². The minimum Gasteiger partial charge on any atom is -0.482 e. The number of hydrogen-bond acceptors (Lipinski definition) is 4. The van der Waals surface area contributed by atoms with E-state index >= 15 is 0 Å². The van der Waals surface area contributed by atoms with Crippen molar-refractivity contribution in [2.24, 2.45) is 11.8 Å². The summed E-state index contributed by atoms with van der Waals surface area (Å²) in [4.78, 5) is 22.7. The molecule has 21 heavy (non-hydrogen) atoms. The van der Waals surface area contributed by atoms with Gasteiger partial charge in [0.1, 0.15) is 11.8 Å². The number of carboxylic acid groups (broad SMARTS) is 1. The lowest BCUT2D eigenvalue weighted by atomic mass is 9.96. The van der Waals surface area contributed by atoms with Crippen molar-refractivity contribution in [3.8, 4) is 11.8 Å². The van der Waals surface area contributed by atoms with Gasteiger partial charge >= 0.3 is 5.97 Å². The van der Waals surface area contributed by atoms with Crippen LogP contribution in [0.15, 0.2) is 24.3 Å². The largest absolute Gasteiger partial charge is 0.482 e. The van der Waals surface area contributed by atoms with E-state index < -0.39 is 17.8 Å². The maximum absolute atomic E-state index is 11.7. The third-order valence-corrected chi connectivity index (χ3v) is 3.01.